The van der Waals surface area contributed by atoms with E-state index in [1.807, 2.05) is 6.92 Å². The third-order valence-electron chi connectivity index (χ3n) is 1.57. The van der Waals surface area contributed by atoms with Crippen LogP contribution in [0.3, 0.4) is 0 Å². The lowest BCUT2D eigenvalue weighted by atomic mass is 10.3. The summed E-state index contributed by atoms with van der Waals surface area (Å²) in [6.45, 7) is 2.36. The Kier molecular flexibility index (Phi) is 2.65. The maximum atomic E-state index is 11.3. The van der Waals surface area contributed by atoms with Crippen molar-refractivity contribution in [2.75, 3.05) is 0 Å². The molecular formula is C8H8ClNO2. The van der Waals surface area contributed by atoms with Crippen molar-refractivity contribution in [3.63, 3.8) is 0 Å². The Morgan fingerprint density at radius 2 is 2.33 bits per heavy atom. The molecule has 0 atom stereocenters. The van der Waals surface area contributed by atoms with Gasteiger partial charge in [0.15, 0.2) is 0 Å². The van der Waals surface area contributed by atoms with E-state index < -0.39 is 5.24 Å². The van der Waals surface area contributed by atoms with Crippen LogP contribution in [0.25, 0.3) is 0 Å². The van der Waals surface area contributed by atoms with Crippen molar-refractivity contribution in [3.05, 3.63) is 34.2 Å². The second-order valence-electron chi connectivity index (χ2n) is 2.29. The number of hydrogen-bond acceptors (Lipinski definition) is 2. The van der Waals surface area contributed by atoms with Gasteiger partial charge in [-0.1, -0.05) is 0 Å². The molecule has 0 N–H and O–H groups in total. The first-order valence-corrected chi connectivity index (χ1v) is 3.94. The first-order valence-electron chi connectivity index (χ1n) is 3.56. The standard InChI is InChI=1S/C8H8ClNO2/c1-2-10-5-3-4-6(7(9)11)8(10)12/h3-5H,2H2,1H3. The summed E-state index contributed by atoms with van der Waals surface area (Å²) in [4.78, 5) is 22.0. The Bertz CT molecular complexity index is 356. The minimum absolute atomic E-state index is 0.0287. The topological polar surface area (TPSA) is 39.1 Å². The van der Waals surface area contributed by atoms with Crippen molar-refractivity contribution in [2.24, 2.45) is 0 Å². The van der Waals surface area contributed by atoms with Gasteiger partial charge in [-0.05, 0) is 30.7 Å². The Balaban J connectivity index is 3.33. The van der Waals surface area contributed by atoms with Crippen LogP contribution in [0.5, 0.6) is 0 Å². The van der Waals surface area contributed by atoms with Gasteiger partial charge in [-0.15, -0.1) is 0 Å². The number of halogens is 1. The van der Waals surface area contributed by atoms with E-state index in [1.54, 1.807) is 12.3 Å². The van der Waals surface area contributed by atoms with Gasteiger partial charge in [0.2, 0.25) is 0 Å². The molecular weight excluding hydrogens is 178 g/mol. The predicted octanol–water partition coefficient (Wildman–Crippen LogP) is 1.25. The summed E-state index contributed by atoms with van der Waals surface area (Å²) in [6, 6.07) is 3.05. The minimum Gasteiger partial charge on any atom is -0.315 e. The Labute approximate surface area is 74.6 Å². The number of nitrogens with zero attached hydrogens (tertiary/aromatic N) is 1. The van der Waals surface area contributed by atoms with Gasteiger partial charge >= 0.3 is 0 Å². The van der Waals surface area contributed by atoms with Crippen molar-refractivity contribution in [3.8, 4) is 0 Å². The van der Waals surface area contributed by atoms with Crippen LogP contribution < -0.4 is 5.56 Å². The Morgan fingerprint density at radius 3 is 2.83 bits per heavy atom. The molecule has 1 rings (SSSR count). The highest BCUT2D eigenvalue weighted by atomic mass is 35.5. The molecule has 0 saturated heterocycles. The SMILES string of the molecule is CCn1cccc(C(=O)Cl)c1=O. The zero-order valence-electron chi connectivity index (χ0n) is 6.58. The van der Waals surface area contributed by atoms with E-state index in [2.05, 4.69) is 0 Å². The van der Waals surface area contributed by atoms with Gasteiger partial charge in [0.05, 0.1) is 5.56 Å². The molecule has 1 heterocycles. The van der Waals surface area contributed by atoms with E-state index in [0.29, 0.717) is 6.54 Å². The lowest BCUT2D eigenvalue weighted by Crippen LogP contribution is -2.23. The largest absolute Gasteiger partial charge is 0.315 e. The van der Waals surface area contributed by atoms with Gasteiger partial charge < -0.3 is 4.57 Å². The van der Waals surface area contributed by atoms with Crippen LogP contribution in [0, 0.1) is 0 Å². The predicted molar refractivity (Wildman–Crippen MR) is 46.6 cm³/mol. The van der Waals surface area contributed by atoms with Crippen LogP contribution in [-0.4, -0.2) is 9.81 Å². The zero-order chi connectivity index (χ0) is 9.14. The van der Waals surface area contributed by atoms with Gasteiger partial charge in [-0.25, -0.2) is 0 Å². The maximum Gasteiger partial charge on any atom is 0.262 e. The molecule has 0 radical (unpaired) electrons. The van der Waals surface area contributed by atoms with Crippen molar-refractivity contribution in [1.82, 2.24) is 4.57 Å². The summed E-state index contributed by atoms with van der Waals surface area (Å²) in [7, 11) is 0. The minimum atomic E-state index is -0.706. The van der Waals surface area contributed by atoms with Crippen molar-refractivity contribution in [2.45, 2.75) is 13.5 Å². The quantitative estimate of drug-likeness (QED) is 0.651. The number of aromatic nitrogens is 1. The maximum absolute atomic E-state index is 11.3. The van der Waals surface area contributed by atoms with E-state index in [4.69, 9.17) is 11.6 Å². The van der Waals surface area contributed by atoms with Gasteiger partial charge in [0, 0.05) is 12.7 Å². The van der Waals surface area contributed by atoms with Crippen molar-refractivity contribution in [1.29, 1.82) is 0 Å². The third-order valence-corrected chi connectivity index (χ3v) is 1.78. The third kappa shape index (κ3) is 1.56. The van der Waals surface area contributed by atoms with Gasteiger partial charge in [-0.2, -0.15) is 0 Å². The lowest BCUT2D eigenvalue weighted by molar-refractivity contribution is 0.107. The van der Waals surface area contributed by atoms with Crippen LogP contribution in [0.15, 0.2) is 23.1 Å². The van der Waals surface area contributed by atoms with Gasteiger partial charge in [0.25, 0.3) is 10.8 Å². The number of carbonyl (C=O) groups is 1. The Hall–Kier alpha value is -1.09. The molecule has 0 aromatic carbocycles. The monoisotopic (exact) mass is 185 g/mol. The molecule has 0 unspecified atom stereocenters. The van der Waals surface area contributed by atoms with Crippen LogP contribution in [-0.2, 0) is 6.54 Å². The molecule has 0 aliphatic heterocycles. The second kappa shape index (κ2) is 3.54. The van der Waals surface area contributed by atoms with Crippen LogP contribution in [0.1, 0.15) is 17.3 Å². The first kappa shape index (κ1) is 9.00. The summed E-state index contributed by atoms with van der Waals surface area (Å²) in [6.07, 6.45) is 1.62. The van der Waals surface area contributed by atoms with E-state index >= 15 is 0 Å². The molecule has 3 nitrogen and oxygen atoms in total. The smallest absolute Gasteiger partial charge is 0.262 e. The lowest BCUT2D eigenvalue weighted by Gasteiger charge is -2.00. The molecule has 0 amide bonds. The average Bonchev–Trinajstić information content (AvgIpc) is 2.04. The number of hydrogen-bond donors (Lipinski definition) is 0. The highest BCUT2D eigenvalue weighted by molar-refractivity contribution is 6.67. The first-order chi connectivity index (χ1) is 5.66. The van der Waals surface area contributed by atoms with Crippen LogP contribution >= 0.6 is 11.6 Å². The second-order valence-corrected chi connectivity index (χ2v) is 2.63. The number of carbonyl (C=O) groups excluding carboxylic acids is 1. The molecule has 64 valence electrons. The highest BCUT2D eigenvalue weighted by Gasteiger charge is 2.07. The normalized spacial score (nSPS) is 9.83. The molecule has 12 heavy (non-hydrogen) atoms. The molecule has 0 bridgehead atoms. The molecule has 0 spiro atoms. The highest BCUT2D eigenvalue weighted by Crippen LogP contribution is 1.96. The van der Waals surface area contributed by atoms with E-state index in [0.717, 1.165) is 0 Å². The summed E-state index contributed by atoms with van der Waals surface area (Å²) in [5, 5.41) is -0.706. The van der Waals surface area contributed by atoms with Crippen LogP contribution in [0.4, 0.5) is 0 Å². The van der Waals surface area contributed by atoms with Gasteiger partial charge in [-0.3, -0.25) is 9.59 Å². The molecule has 0 aliphatic carbocycles. The molecule has 0 aliphatic rings. The summed E-state index contributed by atoms with van der Waals surface area (Å²) in [5.74, 6) is 0. The molecule has 1 aromatic rings. The Morgan fingerprint density at radius 1 is 1.67 bits per heavy atom. The number of rotatable bonds is 2. The average molecular weight is 186 g/mol. The molecule has 0 fully saturated rings. The van der Waals surface area contributed by atoms with Crippen LogP contribution in [0.2, 0.25) is 0 Å². The van der Waals surface area contributed by atoms with Crippen molar-refractivity contribution >= 4 is 16.8 Å². The van der Waals surface area contributed by atoms with E-state index in [9.17, 15) is 9.59 Å². The fourth-order valence-corrected chi connectivity index (χ4v) is 1.08. The van der Waals surface area contributed by atoms with E-state index in [1.165, 1.54) is 10.6 Å². The van der Waals surface area contributed by atoms with Gasteiger partial charge in [0.1, 0.15) is 0 Å². The molecule has 0 saturated carbocycles. The number of aryl methyl sites for hydroxylation is 1. The summed E-state index contributed by atoms with van der Waals surface area (Å²) in [5.41, 5.74) is -0.305. The number of pyridine rings is 1. The fraction of sp³-hybridized carbons (Fsp3) is 0.250. The summed E-state index contributed by atoms with van der Waals surface area (Å²) >= 11 is 5.19. The fourth-order valence-electron chi connectivity index (χ4n) is 0.935. The van der Waals surface area contributed by atoms with E-state index in [-0.39, 0.29) is 11.1 Å². The zero-order valence-corrected chi connectivity index (χ0v) is 7.34. The molecule has 4 heteroatoms. The molecule has 1 aromatic heterocycles. The summed E-state index contributed by atoms with van der Waals surface area (Å²) < 4.78 is 1.43. The van der Waals surface area contributed by atoms with Crippen molar-refractivity contribution < 1.29 is 4.79 Å².